The van der Waals surface area contributed by atoms with Gasteiger partial charge in [-0.3, -0.25) is 14.4 Å². The van der Waals surface area contributed by atoms with Gasteiger partial charge in [-0.25, -0.2) is 0 Å². The molecule has 19 heavy (non-hydrogen) atoms. The van der Waals surface area contributed by atoms with E-state index in [2.05, 4.69) is 15.3 Å². The van der Waals surface area contributed by atoms with Crippen molar-refractivity contribution in [2.75, 3.05) is 32.7 Å². The number of nitrogens with zero attached hydrogens (tertiary/aromatic N) is 3. The fourth-order valence-electron chi connectivity index (χ4n) is 2.40. The molecule has 6 heteroatoms. The summed E-state index contributed by atoms with van der Waals surface area (Å²) < 4.78 is 1.83. The molecule has 1 aromatic rings. The van der Waals surface area contributed by atoms with E-state index in [1.165, 1.54) is 0 Å². The molecular formula is C13H21ClN4O. The Hall–Kier alpha value is -0.910. The zero-order valence-corrected chi connectivity index (χ0v) is 12.3. The van der Waals surface area contributed by atoms with E-state index in [9.17, 15) is 4.79 Å². The summed E-state index contributed by atoms with van der Waals surface area (Å²) >= 11 is 6.22. The van der Waals surface area contributed by atoms with Crippen LogP contribution in [0.25, 0.3) is 0 Å². The highest BCUT2D eigenvalue weighted by atomic mass is 35.5. The predicted molar refractivity (Wildman–Crippen MR) is 75.7 cm³/mol. The van der Waals surface area contributed by atoms with E-state index in [0.29, 0.717) is 18.0 Å². The number of hydrogen-bond acceptors (Lipinski definition) is 4. The summed E-state index contributed by atoms with van der Waals surface area (Å²) in [5, 5.41) is 8.25. The maximum absolute atomic E-state index is 12.1. The second-order valence-corrected chi connectivity index (χ2v) is 5.28. The number of piperazine rings is 1. The third kappa shape index (κ3) is 3.55. The second-order valence-electron chi connectivity index (χ2n) is 4.90. The second kappa shape index (κ2) is 6.50. The average molecular weight is 285 g/mol. The minimum absolute atomic E-state index is 0.207. The molecular weight excluding hydrogens is 264 g/mol. The number of hydrogen-bond donors (Lipinski definition) is 1. The number of nitrogens with one attached hydrogen (secondary N) is 1. The fraction of sp³-hybridized carbons (Fsp3) is 0.692. The van der Waals surface area contributed by atoms with Crippen molar-refractivity contribution >= 4 is 17.4 Å². The van der Waals surface area contributed by atoms with Crippen LogP contribution in [0, 0.1) is 6.92 Å². The zero-order chi connectivity index (χ0) is 13.8. The van der Waals surface area contributed by atoms with Gasteiger partial charge in [-0.2, -0.15) is 5.10 Å². The Kier molecular flexibility index (Phi) is 4.96. The third-order valence-corrected chi connectivity index (χ3v) is 3.92. The van der Waals surface area contributed by atoms with E-state index < -0.39 is 0 Å². The van der Waals surface area contributed by atoms with Gasteiger partial charge < -0.3 is 5.32 Å². The molecule has 0 atom stereocenters. The summed E-state index contributed by atoms with van der Waals surface area (Å²) in [7, 11) is 0. The molecule has 5 nitrogen and oxygen atoms in total. The molecule has 0 aliphatic carbocycles. The van der Waals surface area contributed by atoms with E-state index in [0.717, 1.165) is 44.1 Å². The van der Waals surface area contributed by atoms with Gasteiger partial charge in [-0.15, -0.1) is 0 Å². The number of halogens is 1. The van der Waals surface area contributed by atoms with Gasteiger partial charge in [0, 0.05) is 32.7 Å². The molecule has 1 aliphatic heterocycles. The van der Waals surface area contributed by atoms with Crippen LogP contribution in [0.15, 0.2) is 0 Å². The topological polar surface area (TPSA) is 50.2 Å². The average Bonchev–Trinajstić information content (AvgIpc) is 2.67. The molecule has 0 amide bonds. The van der Waals surface area contributed by atoms with Crippen molar-refractivity contribution < 1.29 is 4.79 Å². The van der Waals surface area contributed by atoms with Crippen LogP contribution in [0.4, 0.5) is 0 Å². The van der Waals surface area contributed by atoms with Crippen LogP contribution in [0.3, 0.4) is 0 Å². The largest absolute Gasteiger partial charge is 0.314 e. The van der Waals surface area contributed by atoms with Crippen molar-refractivity contribution in [3.8, 4) is 0 Å². The molecule has 106 valence electrons. The minimum atomic E-state index is 0.207. The van der Waals surface area contributed by atoms with Crippen molar-refractivity contribution in [2.45, 2.75) is 26.8 Å². The van der Waals surface area contributed by atoms with Gasteiger partial charge in [0.25, 0.3) is 0 Å². The van der Waals surface area contributed by atoms with Gasteiger partial charge in [-0.1, -0.05) is 11.6 Å². The van der Waals surface area contributed by atoms with Gasteiger partial charge in [0.15, 0.2) is 5.78 Å². The van der Waals surface area contributed by atoms with Crippen LogP contribution in [-0.2, 0) is 17.8 Å². The summed E-state index contributed by atoms with van der Waals surface area (Å²) in [6, 6.07) is 0. The fourth-order valence-corrected chi connectivity index (χ4v) is 2.60. The lowest BCUT2D eigenvalue weighted by Crippen LogP contribution is -2.45. The van der Waals surface area contributed by atoms with Crippen molar-refractivity contribution in [3.05, 3.63) is 16.4 Å². The Morgan fingerprint density at radius 1 is 1.42 bits per heavy atom. The van der Waals surface area contributed by atoms with E-state index in [4.69, 9.17) is 11.6 Å². The van der Waals surface area contributed by atoms with E-state index >= 15 is 0 Å². The lowest BCUT2D eigenvalue weighted by atomic mass is 10.2. The molecule has 1 aromatic heterocycles. The predicted octanol–water partition coefficient (Wildman–Crippen LogP) is 0.882. The molecule has 1 N–H and O–H groups in total. The Morgan fingerprint density at radius 3 is 2.74 bits per heavy atom. The molecule has 2 rings (SSSR count). The van der Waals surface area contributed by atoms with Gasteiger partial charge in [0.05, 0.1) is 29.4 Å². The zero-order valence-electron chi connectivity index (χ0n) is 11.6. The molecule has 1 fully saturated rings. The number of carbonyl (C=O) groups is 1. The molecule has 0 bridgehead atoms. The summed E-state index contributed by atoms with van der Waals surface area (Å²) in [4.78, 5) is 14.3. The highest BCUT2D eigenvalue weighted by Gasteiger charge is 2.18. The van der Waals surface area contributed by atoms with Crippen LogP contribution < -0.4 is 5.32 Å². The number of aromatic nitrogens is 2. The Labute approximate surface area is 118 Å². The molecule has 0 spiro atoms. The molecule has 1 aliphatic rings. The van der Waals surface area contributed by atoms with E-state index in [1.54, 1.807) is 0 Å². The molecule has 0 unspecified atom stereocenters. The van der Waals surface area contributed by atoms with E-state index in [-0.39, 0.29) is 5.78 Å². The molecule has 0 radical (unpaired) electrons. The van der Waals surface area contributed by atoms with Crippen molar-refractivity contribution in [1.82, 2.24) is 20.0 Å². The van der Waals surface area contributed by atoms with Crippen molar-refractivity contribution in [2.24, 2.45) is 0 Å². The first kappa shape index (κ1) is 14.5. The monoisotopic (exact) mass is 284 g/mol. The normalized spacial score (nSPS) is 16.8. The highest BCUT2D eigenvalue weighted by Crippen LogP contribution is 2.21. The maximum atomic E-state index is 12.1. The van der Waals surface area contributed by atoms with E-state index in [1.807, 2.05) is 18.5 Å². The van der Waals surface area contributed by atoms with Crippen LogP contribution in [0.5, 0.6) is 0 Å². The maximum Gasteiger partial charge on any atom is 0.152 e. The molecule has 1 saturated heterocycles. The third-order valence-electron chi connectivity index (χ3n) is 3.43. The lowest BCUT2D eigenvalue weighted by Gasteiger charge is -2.26. The van der Waals surface area contributed by atoms with Crippen molar-refractivity contribution in [3.63, 3.8) is 0 Å². The molecule has 0 saturated carbocycles. The number of rotatable bonds is 5. The number of ketones is 1. The number of aryl methyl sites for hydroxylation is 2. The minimum Gasteiger partial charge on any atom is -0.314 e. The summed E-state index contributed by atoms with van der Waals surface area (Å²) in [5.41, 5.74) is 1.65. The summed E-state index contributed by atoms with van der Waals surface area (Å²) in [6.45, 7) is 8.92. The SMILES string of the molecule is CCn1nc(C)c(Cl)c1CC(=O)CN1CCNCC1. The first-order valence-electron chi connectivity index (χ1n) is 6.78. The molecule has 0 aromatic carbocycles. The standard InChI is InChI=1S/C13H21ClN4O/c1-3-18-12(13(14)10(2)16-18)8-11(19)9-17-6-4-15-5-7-17/h15H,3-9H2,1-2H3. The van der Waals surface area contributed by atoms with Gasteiger partial charge in [0.2, 0.25) is 0 Å². The summed E-state index contributed by atoms with van der Waals surface area (Å²) in [6.07, 6.45) is 0.372. The smallest absolute Gasteiger partial charge is 0.152 e. The first-order chi connectivity index (χ1) is 9.11. The Morgan fingerprint density at radius 2 is 2.11 bits per heavy atom. The van der Waals surface area contributed by atoms with Gasteiger partial charge in [-0.05, 0) is 13.8 Å². The first-order valence-corrected chi connectivity index (χ1v) is 7.16. The van der Waals surface area contributed by atoms with Crippen LogP contribution >= 0.6 is 11.6 Å². The van der Waals surface area contributed by atoms with Crippen LogP contribution in [-0.4, -0.2) is 53.2 Å². The van der Waals surface area contributed by atoms with Gasteiger partial charge >= 0.3 is 0 Å². The highest BCUT2D eigenvalue weighted by molar-refractivity contribution is 6.32. The Balaban J connectivity index is 1.98. The van der Waals surface area contributed by atoms with Gasteiger partial charge in [0.1, 0.15) is 0 Å². The number of carbonyl (C=O) groups excluding carboxylic acids is 1. The van der Waals surface area contributed by atoms with Crippen LogP contribution in [0.2, 0.25) is 5.02 Å². The number of Topliss-reactive ketones (excluding diaryl/α,β-unsaturated/α-hetero) is 1. The summed E-state index contributed by atoms with van der Waals surface area (Å²) in [5.74, 6) is 0.207. The Bertz CT molecular complexity index is 452. The lowest BCUT2D eigenvalue weighted by molar-refractivity contribution is -0.119. The van der Waals surface area contributed by atoms with Crippen LogP contribution in [0.1, 0.15) is 18.3 Å². The quantitative estimate of drug-likeness (QED) is 0.872. The van der Waals surface area contributed by atoms with Crippen molar-refractivity contribution in [1.29, 1.82) is 0 Å². The molecule has 2 heterocycles.